The number of rotatable bonds is 13. The fourth-order valence-corrected chi connectivity index (χ4v) is 5.04. The van der Waals surface area contributed by atoms with Crippen LogP contribution in [0.15, 0.2) is 35.2 Å². The van der Waals surface area contributed by atoms with E-state index in [0.717, 1.165) is 39.9 Å². The highest BCUT2D eigenvalue weighted by Gasteiger charge is 2.32. The summed E-state index contributed by atoms with van der Waals surface area (Å²) in [7, 11) is -3.14. The molecule has 1 fully saturated rings. The summed E-state index contributed by atoms with van der Waals surface area (Å²) in [6.07, 6.45) is 1.98. The van der Waals surface area contributed by atoms with E-state index in [-0.39, 0.29) is 18.7 Å². The molecule has 3 rings (SSSR count). The number of benzene rings is 2. The third kappa shape index (κ3) is 7.12. The van der Waals surface area contributed by atoms with Crippen molar-refractivity contribution in [2.45, 2.75) is 31.6 Å². The van der Waals surface area contributed by atoms with Gasteiger partial charge in [0.05, 0.1) is 17.9 Å². The number of sulfonamides is 1. The van der Waals surface area contributed by atoms with Gasteiger partial charge in [0, 0.05) is 29.4 Å². The minimum absolute atomic E-state index is 0.0692. The average Bonchev–Trinajstić information content (AvgIpc) is 3.68. The Balaban J connectivity index is 1.97. The van der Waals surface area contributed by atoms with Gasteiger partial charge in [0.2, 0.25) is 10.0 Å². The first-order chi connectivity index (χ1) is 17.1. The van der Waals surface area contributed by atoms with Gasteiger partial charge in [-0.05, 0) is 84.8 Å². The molecule has 1 aliphatic rings. The Morgan fingerprint density at radius 3 is 2.33 bits per heavy atom. The van der Waals surface area contributed by atoms with Crippen molar-refractivity contribution in [1.29, 1.82) is 0 Å². The molecule has 12 heteroatoms. The van der Waals surface area contributed by atoms with Crippen molar-refractivity contribution >= 4 is 49.9 Å². The fraction of sp³-hybridized carbons (Fsp3) is 0.458. The van der Waals surface area contributed by atoms with E-state index in [1.165, 1.54) is 7.05 Å². The second kappa shape index (κ2) is 12.6. The predicted octanol–water partition coefficient (Wildman–Crippen LogP) is 4.35. The second-order valence-electron chi connectivity index (χ2n) is 8.60. The summed E-state index contributed by atoms with van der Waals surface area (Å²) >= 11 is 2.10. The molecule has 0 aliphatic heterocycles. The molecule has 2 N–H and O–H groups in total. The van der Waals surface area contributed by atoms with E-state index >= 15 is 8.78 Å². The molecule has 0 spiro atoms. The lowest BCUT2D eigenvalue weighted by molar-refractivity contribution is 0.0270. The Kier molecular flexibility index (Phi) is 10.0. The van der Waals surface area contributed by atoms with Crippen molar-refractivity contribution in [3.63, 3.8) is 0 Å². The molecule has 8 nitrogen and oxygen atoms in total. The van der Waals surface area contributed by atoms with Gasteiger partial charge in [0.1, 0.15) is 4.90 Å². The lowest BCUT2D eigenvalue weighted by atomic mass is 10.1. The number of anilines is 2. The van der Waals surface area contributed by atoms with Crippen molar-refractivity contribution in [2.24, 2.45) is 5.92 Å². The van der Waals surface area contributed by atoms with Crippen molar-refractivity contribution in [1.82, 2.24) is 14.7 Å². The zero-order valence-electron chi connectivity index (χ0n) is 20.5. The van der Waals surface area contributed by atoms with Crippen LogP contribution < -0.4 is 10.8 Å². The lowest BCUT2D eigenvalue weighted by Crippen LogP contribution is -2.37. The number of hydroxylamine groups is 1. The van der Waals surface area contributed by atoms with E-state index in [2.05, 4.69) is 33.4 Å². The Morgan fingerprint density at radius 2 is 1.75 bits per heavy atom. The normalized spacial score (nSPS) is 13.9. The molecule has 0 unspecified atom stereocenters. The number of nitrogens with one attached hydrogen (secondary N) is 2. The number of carbonyl (C=O) groups excluding carboxylic acids is 1. The van der Waals surface area contributed by atoms with Gasteiger partial charge in [-0.2, -0.15) is 4.31 Å². The minimum atomic E-state index is -4.44. The van der Waals surface area contributed by atoms with Gasteiger partial charge < -0.3 is 10.2 Å². The van der Waals surface area contributed by atoms with Gasteiger partial charge in [-0.3, -0.25) is 9.63 Å². The molecule has 1 aliphatic carbocycles. The molecular formula is C24H31F2IN4O4S. The molecule has 0 atom stereocenters. The number of nitrogens with zero attached hydrogens (tertiary/aromatic N) is 2. The topological polar surface area (TPSA) is 91.0 Å². The molecule has 0 bridgehead atoms. The van der Waals surface area contributed by atoms with Crippen molar-refractivity contribution in [3.05, 3.63) is 51.1 Å². The number of carbonyl (C=O) groups is 1. The quantitative estimate of drug-likeness (QED) is 0.251. The van der Waals surface area contributed by atoms with Crippen molar-refractivity contribution in [2.75, 3.05) is 45.2 Å². The summed E-state index contributed by atoms with van der Waals surface area (Å²) in [6, 6.07) is 7.62. The molecule has 0 heterocycles. The highest BCUT2D eigenvalue weighted by atomic mass is 127. The third-order valence-electron chi connectivity index (χ3n) is 6.03. The molecule has 2 aromatic carbocycles. The number of halogens is 3. The van der Waals surface area contributed by atoms with E-state index in [4.69, 9.17) is 4.84 Å². The SMILES string of the molecule is CCN(CC)CCN(C)S(=O)(=O)c1cc(C(=O)NOCC2CC2)c(Nc2ccc(I)cc2)c(F)c1F. The number of hydrogen-bond donors (Lipinski definition) is 2. The van der Waals surface area contributed by atoms with Crippen LogP contribution in [0.2, 0.25) is 0 Å². The van der Waals surface area contributed by atoms with E-state index < -0.39 is 38.1 Å². The van der Waals surface area contributed by atoms with E-state index in [9.17, 15) is 13.2 Å². The Hall–Kier alpha value is -1.87. The Bertz CT molecular complexity index is 1170. The van der Waals surface area contributed by atoms with Crippen LogP contribution in [0.25, 0.3) is 0 Å². The zero-order chi connectivity index (χ0) is 26.5. The summed E-state index contributed by atoms with van der Waals surface area (Å²) in [4.78, 5) is 19.2. The van der Waals surface area contributed by atoms with Crippen LogP contribution in [0.3, 0.4) is 0 Å². The summed E-state index contributed by atoms with van der Waals surface area (Å²) in [5, 5.41) is 2.71. The molecule has 2 aromatic rings. The highest BCUT2D eigenvalue weighted by molar-refractivity contribution is 14.1. The molecule has 0 saturated heterocycles. The summed E-state index contributed by atoms with van der Waals surface area (Å²) in [6.45, 7) is 6.11. The van der Waals surface area contributed by atoms with Gasteiger partial charge in [0.15, 0.2) is 11.6 Å². The standard InChI is InChI=1S/C24H31F2IN4O4S/c1-4-31(5-2)13-12-30(3)36(33,34)20-14-19(24(32)29-35-15-16-6-7-16)23(22(26)21(20)25)28-18-10-8-17(27)9-11-18/h8-11,14,16,28H,4-7,12-13,15H2,1-3H3,(H,29,32). The second-order valence-corrected chi connectivity index (χ2v) is 11.9. The molecule has 0 aromatic heterocycles. The largest absolute Gasteiger partial charge is 0.352 e. The third-order valence-corrected chi connectivity index (χ3v) is 8.60. The molecule has 0 radical (unpaired) electrons. The summed E-state index contributed by atoms with van der Waals surface area (Å²) in [5.41, 5.74) is 1.76. The monoisotopic (exact) mass is 636 g/mol. The predicted molar refractivity (Wildman–Crippen MR) is 143 cm³/mol. The first kappa shape index (κ1) is 28.7. The first-order valence-corrected chi connectivity index (χ1v) is 14.3. The number of likely N-dealkylation sites (N-methyl/N-ethyl adjacent to an activating group) is 2. The maximum atomic E-state index is 15.4. The van der Waals surface area contributed by atoms with E-state index in [1.807, 2.05) is 18.7 Å². The minimum Gasteiger partial charge on any atom is -0.352 e. The van der Waals surface area contributed by atoms with Crippen LogP contribution in [0.4, 0.5) is 20.2 Å². The lowest BCUT2D eigenvalue weighted by Gasteiger charge is -2.24. The maximum absolute atomic E-state index is 15.4. The Labute approximate surface area is 224 Å². The maximum Gasteiger partial charge on any atom is 0.277 e. The van der Waals surface area contributed by atoms with Gasteiger partial charge in [-0.15, -0.1) is 0 Å². The summed E-state index contributed by atoms with van der Waals surface area (Å²) in [5.74, 6) is -3.58. The summed E-state index contributed by atoms with van der Waals surface area (Å²) < 4.78 is 58.9. The van der Waals surface area contributed by atoms with Gasteiger partial charge in [0.25, 0.3) is 5.91 Å². The molecule has 1 amide bonds. The van der Waals surface area contributed by atoms with E-state index in [1.54, 1.807) is 24.3 Å². The molecule has 198 valence electrons. The van der Waals surface area contributed by atoms with Gasteiger partial charge in [-0.25, -0.2) is 22.7 Å². The van der Waals surface area contributed by atoms with Crippen molar-refractivity contribution < 1.29 is 26.8 Å². The smallest absolute Gasteiger partial charge is 0.277 e. The zero-order valence-corrected chi connectivity index (χ0v) is 23.5. The van der Waals surface area contributed by atoms with Crippen LogP contribution in [0, 0.1) is 21.1 Å². The van der Waals surface area contributed by atoms with Crippen LogP contribution >= 0.6 is 22.6 Å². The van der Waals surface area contributed by atoms with Crippen molar-refractivity contribution in [3.8, 4) is 0 Å². The highest BCUT2D eigenvalue weighted by Crippen LogP contribution is 2.33. The van der Waals surface area contributed by atoms with Crippen LogP contribution in [0.1, 0.15) is 37.0 Å². The van der Waals surface area contributed by atoms with Gasteiger partial charge >= 0.3 is 0 Å². The molecular weight excluding hydrogens is 605 g/mol. The Morgan fingerprint density at radius 1 is 1.11 bits per heavy atom. The average molecular weight is 637 g/mol. The van der Waals surface area contributed by atoms with E-state index in [0.29, 0.717) is 18.2 Å². The first-order valence-electron chi connectivity index (χ1n) is 11.7. The fourth-order valence-electron chi connectivity index (χ4n) is 3.44. The number of amides is 1. The van der Waals surface area contributed by atoms with Crippen LogP contribution in [-0.2, 0) is 14.9 Å². The number of hydrogen-bond acceptors (Lipinski definition) is 6. The molecule has 1 saturated carbocycles. The van der Waals surface area contributed by atoms with Crippen LogP contribution in [-0.4, -0.2) is 63.4 Å². The van der Waals surface area contributed by atoms with Crippen LogP contribution in [0.5, 0.6) is 0 Å². The molecule has 36 heavy (non-hydrogen) atoms. The van der Waals surface area contributed by atoms with Gasteiger partial charge in [-0.1, -0.05) is 13.8 Å².